The van der Waals surface area contributed by atoms with Crippen molar-refractivity contribution in [3.05, 3.63) is 34.9 Å². The van der Waals surface area contributed by atoms with Gasteiger partial charge in [-0.05, 0) is 18.1 Å². The number of carbonyl (C=O) groups is 2. The van der Waals surface area contributed by atoms with Gasteiger partial charge in [0, 0.05) is 22.9 Å². The highest BCUT2D eigenvalue weighted by Crippen LogP contribution is 2.26. The Labute approximate surface area is 91.1 Å². The molecule has 1 atom stereocenters. The molecule has 0 aliphatic carbocycles. The van der Waals surface area contributed by atoms with Crippen molar-refractivity contribution in [2.24, 2.45) is 0 Å². The topological polar surface area (TPSA) is 80.3 Å². The van der Waals surface area contributed by atoms with Gasteiger partial charge in [0.2, 0.25) is 0 Å². The Morgan fingerprint density at radius 1 is 1.27 bits per heavy atom. The number of benzene rings is 1. The van der Waals surface area contributed by atoms with Crippen molar-refractivity contribution >= 4 is 23.5 Å². The zero-order chi connectivity index (χ0) is 11.4. The second-order valence-corrected chi connectivity index (χ2v) is 3.38. The third-order valence-corrected chi connectivity index (χ3v) is 2.28. The van der Waals surface area contributed by atoms with Gasteiger partial charge in [0.25, 0.3) is 0 Å². The van der Waals surface area contributed by atoms with Crippen molar-refractivity contribution in [3.63, 3.8) is 0 Å². The Bertz CT molecular complexity index is 389. The lowest BCUT2D eigenvalue weighted by Crippen LogP contribution is -2.34. The maximum atomic E-state index is 10.7. The highest BCUT2D eigenvalue weighted by molar-refractivity contribution is 6.31. The van der Waals surface area contributed by atoms with Gasteiger partial charge in [-0.3, -0.25) is 0 Å². The fourth-order valence-electron chi connectivity index (χ4n) is 1.24. The van der Waals surface area contributed by atoms with Crippen LogP contribution in [-0.2, 0) is 9.59 Å². The molecule has 0 heterocycles. The lowest BCUT2D eigenvalue weighted by Gasteiger charge is -2.19. The quantitative estimate of drug-likeness (QED) is 0.681. The number of carbonyl (C=O) groups excluding carboxylic acids is 2. The maximum absolute atomic E-state index is 10.7. The molecule has 1 aromatic carbocycles. The lowest BCUT2D eigenvalue weighted by atomic mass is 9.96. The molecule has 0 saturated carbocycles. The van der Waals surface area contributed by atoms with E-state index in [0.717, 1.165) is 0 Å². The van der Waals surface area contributed by atoms with Crippen LogP contribution in [0.1, 0.15) is 17.9 Å². The number of rotatable bonds is 4. The van der Waals surface area contributed by atoms with Crippen LogP contribution in [0.3, 0.4) is 0 Å². The molecule has 0 amide bonds. The minimum absolute atomic E-state index is 0.202. The summed E-state index contributed by atoms with van der Waals surface area (Å²) < 4.78 is 0. The van der Waals surface area contributed by atoms with Gasteiger partial charge in [0.05, 0.1) is 0 Å². The van der Waals surface area contributed by atoms with Crippen molar-refractivity contribution < 1.29 is 19.8 Å². The summed E-state index contributed by atoms with van der Waals surface area (Å²) in [6, 6.07) is 6.14. The molecule has 0 aliphatic heterocycles. The van der Waals surface area contributed by atoms with Gasteiger partial charge in [-0.1, -0.05) is 29.8 Å². The van der Waals surface area contributed by atoms with Gasteiger partial charge in [0.1, 0.15) is 0 Å². The van der Waals surface area contributed by atoms with Gasteiger partial charge in [-0.25, -0.2) is 0 Å². The normalized spacial score (nSPS) is 12.1. The fourth-order valence-corrected chi connectivity index (χ4v) is 1.51. The molecule has 0 aliphatic rings. The Kier molecular flexibility index (Phi) is 3.68. The standard InChI is InChI=1S/C10H9ClO4/c11-8-4-2-1-3-6(8)7(10(14)15)5-9(12)13/h1-4,7H,5H2,(H,12,13)(H,14,15)/p-2/t7-/m0/s1. The average Bonchev–Trinajstić information content (AvgIpc) is 2.15. The second-order valence-electron chi connectivity index (χ2n) is 2.97. The first-order valence-electron chi connectivity index (χ1n) is 4.17. The SMILES string of the molecule is O=C([O-])C[C@H](C(=O)[O-])c1ccccc1Cl. The van der Waals surface area contributed by atoms with Crippen molar-refractivity contribution in [3.8, 4) is 0 Å². The Hall–Kier alpha value is -1.55. The summed E-state index contributed by atoms with van der Waals surface area (Å²) in [5.74, 6) is -4.21. The Balaban J connectivity index is 3.04. The molecule has 0 radical (unpaired) electrons. The lowest BCUT2D eigenvalue weighted by molar-refractivity contribution is -0.317. The molecule has 15 heavy (non-hydrogen) atoms. The van der Waals surface area contributed by atoms with Gasteiger partial charge in [0.15, 0.2) is 0 Å². The Morgan fingerprint density at radius 2 is 1.87 bits per heavy atom. The average molecular weight is 227 g/mol. The molecule has 80 valence electrons. The van der Waals surface area contributed by atoms with E-state index in [2.05, 4.69) is 0 Å². The summed E-state index contributed by atoms with van der Waals surface area (Å²) in [5.41, 5.74) is 0.225. The predicted molar refractivity (Wildman–Crippen MR) is 48.8 cm³/mol. The van der Waals surface area contributed by atoms with Gasteiger partial charge < -0.3 is 19.8 Å². The molecule has 0 unspecified atom stereocenters. The van der Waals surface area contributed by atoms with Crippen molar-refractivity contribution in [1.82, 2.24) is 0 Å². The molecule has 0 spiro atoms. The zero-order valence-electron chi connectivity index (χ0n) is 7.60. The number of halogens is 1. The van der Waals surface area contributed by atoms with Crippen LogP contribution >= 0.6 is 11.6 Å². The van der Waals surface area contributed by atoms with E-state index in [4.69, 9.17) is 11.6 Å². The molecule has 0 aromatic heterocycles. The van der Waals surface area contributed by atoms with Crippen LogP contribution in [0, 0.1) is 0 Å². The van der Waals surface area contributed by atoms with Crippen molar-refractivity contribution in [2.45, 2.75) is 12.3 Å². The zero-order valence-corrected chi connectivity index (χ0v) is 8.36. The van der Waals surface area contributed by atoms with E-state index in [0.29, 0.717) is 0 Å². The largest absolute Gasteiger partial charge is 0.550 e. The third kappa shape index (κ3) is 2.95. The smallest absolute Gasteiger partial charge is 0.0493 e. The molecule has 1 rings (SSSR count). The van der Waals surface area contributed by atoms with Crippen LogP contribution in [0.25, 0.3) is 0 Å². The molecule has 0 N–H and O–H groups in total. The minimum atomic E-state index is -1.48. The molecule has 0 fully saturated rings. The van der Waals surface area contributed by atoms with Gasteiger partial charge in [-0.15, -0.1) is 0 Å². The summed E-state index contributed by atoms with van der Waals surface area (Å²) in [6.45, 7) is 0. The van der Waals surface area contributed by atoms with E-state index in [1.807, 2.05) is 0 Å². The summed E-state index contributed by atoms with van der Waals surface area (Å²) >= 11 is 5.74. The van der Waals surface area contributed by atoms with Crippen LogP contribution < -0.4 is 10.2 Å². The van der Waals surface area contributed by atoms with Gasteiger partial charge >= 0.3 is 0 Å². The maximum Gasteiger partial charge on any atom is 0.0493 e. The second kappa shape index (κ2) is 4.79. The number of carboxylic acid groups (broad SMARTS) is 2. The predicted octanol–water partition coefficient (Wildman–Crippen LogP) is -0.686. The minimum Gasteiger partial charge on any atom is -0.550 e. The molecule has 0 bridgehead atoms. The van der Waals surface area contributed by atoms with E-state index in [1.165, 1.54) is 12.1 Å². The van der Waals surface area contributed by atoms with E-state index < -0.39 is 24.3 Å². The van der Waals surface area contributed by atoms with E-state index in [-0.39, 0.29) is 10.6 Å². The third-order valence-electron chi connectivity index (χ3n) is 1.94. The highest BCUT2D eigenvalue weighted by Gasteiger charge is 2.15. The van der Waals surface area contributed by atoms with Crippen LogP contribution in [0.4, 0.5) is 0 Å². The first-order valence-corrected chi connectivity index (χ1v) is 4.55. The van der Waals surface area contributed by atoms with E-state index in [1.54, 1.807) is 12.1 Å². The molecular formula is C10H7ClO4-2. The highest BCUT2D eigenvalue weighted by atomic mass is 35.5. The molecule has 5 heteroatoms. The van der Waals surface area contributed by atoms with Crippen LogP contribution in [0.2, 0.25) is 5.02 Å². The first kappa shape index (κ1) is 11.5. The van der Waals surface area contributed by atoms with Crippen LogP contribution in [-0.4, -0.2) is 11.9 Å². The van der Waals surface area contributed by atoms with Crippen molar-refractivity contribution in [1.29, 1.82) is 0 Å². The number of carboxylic acids is 2. The molecule has 4 nitrogen and oxygen atoms in total. The van der Waals surface area contributed by atoms with E-state index in [9.17, 15) is 19.8 Å². The molecule has 0 saturated heterocycles. The molecule has 1 aromatic rings. The monoisotopic (exact) mass is 226 g/mol. The first-order chi connectivity index (χ1) is 7.02. The van der Waals surface area contributed by atoms with E-state index >= 15 is 0 Å². The van der Waals surface area contributed by atoms with Crippen molar-refractivity contribution in [2.75, 3.05) is 0 Å². The summed E-state index contributed by atoms with van der Waals surface area (Å²) in [7, 11) is 0. The number of hydrogen-bond donors (Lipinski definition) is 0. The number of hydrogen-bond acceptors (Lipinski definition) is 4. The van der Waals surface area contributed by atoms with Gasteiger partial charge in [-0.2, -0.15) is 0 Å². The molecular weight excluding hydrogens is 220 g/mol. The Morgan fingerprint density at radius 3 is 2.33 bits per heavy atom. The fraction of sp³-hybridized carbons (Fsp3) is 0.200. The number of aliphatic carboxylic acids is 2. The van der Waals surface area contributed by atoms with Crippen LogP contribution in [0.15, 0.2) is 24.3 Å². The summed E-state index contributed by atoms with van der Waals surface area (Å²) in [5, 5.41) is 21.3. The summed E-state index contributed by atoms with van der Waals surface area (Å²) in [6.07, 6.45) is -0.647. The summed E-state index contributed by atoms with van der Waals surface area (Å²) in [4.78, 5) is 21.1. The van der Waals surface area contributed by atoms with Crippen LogP contribution in [0.5, 0.6) is 0 Å².